The van der Waals surface area contributed by atoms with Crippen LogP contribution in [0.1, 0.15) is 23.2 Å². The predicted molar refractivity (Wildman–Crippen MR) is 129 cm³/mol. The zero-order valence-electron chi connectivity index (χ0n) is 17.4. The van der Waals surface area contributed by atoms with E-state index in [2.05, 4.69) is 4.98 Å². The number of thiazole rings is 1. The monoisotopic (exact) mass is 502 g/mol. The largest absolute Gasteiger partial charge is 0.454 e. The van der Waals surface area contributed by atoms with Crippen molar-refractivity contribution in [2.24, 2.45) is 5.92 Å². The molecule has 1 aliphatic rings. The number of esters is 1. The second-order valence-electron chi connectivity index (χ2n) is 7.56. The van der Waals surface area contributed by atoms with E-state index in [0.29, 0.717) is 15.7 Å². The van der Waals surface area contributed by atoms with Crippen LogP contribution in [0.25, 0.3) is 11.3 Å². The number of carbonyl (C=O) groups is 3. The van der Waals surface area contributed by atoms with Crippen LogP contribution in [0.3, 0.4) is 0 Å². The molecule has 1 fully saturated rings. The fraction of sp³-hybridized carbons (Fsp3) is 0.250. The maximum atomic E-state index is 12.8. The van der Waals surface area contributed by atoms with Crippen molar-refractivity contribution in [3.05, 3.63) is 70.6 Å². The molecule has 0 N–H and O–H groups in total. The highest BCUT2D eigenvalue weighted by atomic mass is 35.5. The normalized spacial score (nSPS) is 16.6. The minimum Gasteiger partial charge on any atom is -0.454 e. The molecule has 9 heteroatoms. The fourth-order valence-electron chi connectivity index (χ4n) is 3.56. The number of amides is 1. The van der Waals surface area contributed by atoms with E-state index in [0.717, 1.165) is 11.3 Å². The highest BCUT2D eigenvalue weighted by Gasteiger charge is 2.39. The van der Waals surface area contributed by atoms with Gasteiger partial charge in [-0.25, -0.2) is 4.98 Å². The number of Topliss-reactive ketones (excluding diaryl/α,β-unsaturated/α-hetero) is 1. The van der Waals surface area contributed by atoms with Gasteiger partial charge in [-0.2, -0.15) is 0 Å². The number of alkyl halides is 1. The zero-order valence-corrected chi connectivity index (χ0v) is 19.8. The quantitative estimate of drug-likeness (QED) is 0.239. The van der Waals surface area contributed by atoms with Crippen LogP contribution in [0.4, 0.5) is 5.13 Å². The summed E-state index contributed by atoms with van der Waals surface area (Å²) in [7, 11) is 0. The molecule has 3 aromatic rings. The molecule has 2 heterocycles. The Morgan fingerprint density at radius 3 is 2.58 bits per heavy atom. The molecule has 0 aliphatic carbocycles. The second kappa shape index (κ2) is 10.5. The topological polar surface area (TPSA) is 76.6 Å². The molecule has 0 radical (unpaired) electrons. The van der Waals surface area contributed by atoms with Crippen LogP contribution in [0.2, 0.25) is 5.02 Å². The Kier molecular flexibility index (Phi) is 7.42. The van der Waals surface area contributed by atoms with Gasteiger partial charge in [-0.1, -0.05) is 41.9 Å². The number of hydrogen-bond acceptors (Lipinski definition) is 6. The number of halogens is 2. The van der Waals surface area contributed by atoms with E-state index >= 15 is 0 Å². The summed E-state index contributed by atoms with van der Waals surface area (Å²) in [4.78, 5) is 44.3. The number of aromatic nitrogens is 1. The van der Waals surface area contributed by atoms with Gasteiger partial charge in [0.1, 0.15) is 0 Å². The van der Waals surface area contributed by atoms with Crippen molar-refractivity contribution in [2.45, 2.75) is 18.9 Å². The van der Waals surface area contributed by atoms with Gasteiger partial charge in [0.05, 0.1) is 11.6 Å². The van der Waals surface area contributed by atoms with Crippen LogP contribution >= 0.6 is 34.5 Å². The molecule has 6 nitrogen and oxygen atoms in total. The molecule has 1 aliphatic heterocycles. The van der Waals surface area contributed by atoms with E-state index in [1.54, 1.807) is 24.3 Å². The maximum Gasteiger partial charge on any atom is 0.312 e. The van der Waals surface area contributed by atoms with E-state index in [1.807, 2.05) is 35.7 Å². The van der Waals surface area contributed by atoms with Crippen LogP contribution in [-0.4, -0.2) is 41.2 Å². The number of hydrogen-bond donors (Lipinski definition) is 0. The highest BCUT2D eigenvalue weighted by molar-refractivity contribution is 7.14. The first-order chi connectivity index (χ1) is 16.0. The van der Waals surface area contributed by atoms with E-state index in [1.165, 1.54) is 16.2 Å². The van der Waals surface area contributed by atoms with Crippen LogP contribution in [0, 0.1) is 5.92 Å². The van der Waals surface area contributed by atoms with Crippen LogP contribution in [0.5, 0.6) is 0 Å². The third-order valence-electron chi connectivity index (χ3n) is 5.30. The lowest BCUT2D eigenvalue weighted by atomic mass is 10.0. The van der Waals surface area contributed by atoms with Crippen molar-refractivity contribution in [1.82, 2.24) is 4.98 Å². The predicted octanol–water partition coefficient (Wildman–Crippen LogP) is 5.24. The standard InChI is InChI=1S/C24H20Cl2N2O4S/c25-11-10-20(22(30)16-6-8-18(26)9-7-16)32-23(31)17-12-21(29)28(13-17)24-27-19(14-33-24)15-4-2-1-3-5-15/h1-9,14,17,20H,10-13H2/t17-,20-/m1/s1. The van der Waals surface area contributed by atoms with Gasteiger partial charge in [-0.05, 0) is 24.3 Å². The molecule has 0 unspecified atom stereocenters. The number of benzene rings is 2. The van der Waals surface area contributed by atoms with Gasteiger partial charge < -0.3 is 4.74 Å². The van der Waals surface area contributed by atoms with E-state index in [-0.39, 0.29) is 37.0 Å². The first kappa shape index (κ1) is 23.4. The van der Waals surface area contributed by atoms with Crippen molar-refractivity contribution in [2.75, 3.05) is 17.3 Å². The summed E-state index contributed by atoms with van der Waals surface area (Å²) in [6.45, 7) is 0.155. The Morgan fingerprint density at radius 2 is 1.88 bits per heavy atom. The van der Waals surface area contributed by atoms with Crippen LogP contribution in [0.15, 0.2) is 60.0 Å². The maximum absolute atomic E-state index is 12.8. The Labute approximate surface area is 205 Å². The first-order valence-electron chi connectivity index (χ1n) is 10.3. The third kappa shape index (κ3) is 5.43. The number of ether oxygens (including phenoxy) is 1. The molecule has 170 valence electrons. The van der Waals surface area contributed by atoms with E-state index in [9.17, 15) is 14.4 Å². The summed E-state index contributed by atoms with van der Waals surface area (Å²) in [6.07, 6.45) is -0.849. The molecule has 2 aromatic carbocycles. The minimum atomic E-state index is -1.02. The fourth-order valence-corrected chi connectivity index (χ4v) is 4.74. The Bertz CT molecular complexity index is 1150. The summed E-state index contributed by atoms with van der Waals surface area (Å²) in [5.41, 5.74) is 2.10. The number of ketones is 1. The molecule has 1 amide bonds. The second-order valence-corrected chi connectivity index (χ2v) is 9.21. The van der Waals surface area contributed by atoms with E-state index < -0.39 is 18.0 Å². The van der Waals surface area contributed by atoms with Gasteiger partial charge in [-0.3, -0.25) is 19.3 Å². The molecule has 1 aromatic heterocycles. The number of carbonyl (C=O) groups excluding carboxylic acids is 3. The molecule has 0 bridgehead atoms. The van der Waals surface area contributed by atoms with Gasteiger partial charge in [-0.15, -0.1) is 22.9 Å². The lowest BCUT2D eigenvalue weighted by molar-refractivity contribution is -0.151. The zero-order chi connectivity index (χ0) is 23.4. The molecule has 2 atom stereocenters. The summed E-state index contributed by atoms with van der Waals surface area (Å²) in [5.74, 6) is -1.69. The van der Waals surface area contributed by atoms with Crippen molar-refractivity contribution < 1.29 is 19.1 Å². The number of rotatable bonds is 8. The van der Waals surface area contributed by atoms with Gasteiger partial charge in [0.2, 0.25) is 11.7 Å². The lowest BCUT2D eigenvalue weighted by Gasteiger charge is -2.18. The summed E-state index contributed by atoms with van der Waals surface area (Å²) < 4.78 is 5.53. The van der Waals surface area contributed by atoms with Crippen LogP contribution in [-0.2, 0) is 14.3 Å². The van der Waals surface area contributed by atoms with Crippen molar-refractivity contribution >= 4 is 57.3 Å². The Hall–Kier alpha value is -2.74. The summed E-state index contributed by atoms with van der Waals surface area (Å²) >= 11 is 13.1. The average Bonchev–Trinajstić information content (AvgIpc) is 3.46. The van der Waals surface area contributed by atoms with Crippen LogP contribution < -0.4 is 4.90 Å². The average molecular weight is 503 g/mol. The molecule has 0 spiro atoms. The number of anilines is 1. The number of nitrogens with zero attached hydrogens (tertiary/aromatic N) is 2. The van der Waals surface area contributed by atoms with E-state index in [4.69, 9.17) is 27.9 Å². The van der Waals surface area contributed by atoms with Crippen molar-refractivity contribution in [1.29, 1.82) is 0 Å². The van der Waals surface area contributed by atoms with Crippen molar-refractivity contribution in [3.63, 3.8) is 0 Å². The molecular formula is C24H20Cl2N2O4S. The molecular weight excluding hydrogens is 483 g/mol. The van der Waals surface area contributed by atoms with Gasteiger partial charge in [0.15, 0.2) is 11.2 Å². The lowest BCUT2D eigenvalue weighted by Crippen LogP contribution is -2.32. The third-order valence-corrected chi connectivity index (χ3v) is 6.64. The molecule has 0 saturated carbocycles. The Morgan fingerprint density at radius 1 is 1.15 bits per heavy atom. The summed E-state index contributed by atoms with van der Waals surface area (Å²) in [6, 6.07) is 16.0. The molecule has 4 rings (SSSR count). The first-order valence-corrected chi connectivity index (χ1v) is 12.1. The highest BCUT2D eigenvalue weighted by Crippen LogP contribution is 2.32. The molecule has 33 heavy (non-hydrogen) atoms. The van der Waals surface area contributed by atoms with Crippen molar-refractivity contribution in [3.8, 4) is 11.3 Å². The Balaban J connectivity index is 1.43. The SMILES string of the molecule is O=C(O[C@H](CCCl)C(=O)c1ccc(Cl)cc1)[C@@H]1CC(=O)N(c2nc(-c3ccccc3)cs2)C1. The minimum absolute atomic E-state index is 0.00180. The van der Waals surface area contributed by atoms with Gasteiger partial charge in [0.25, 0.3) is 0 Å². The van der Waals surface area contributed by atoms with Gasteiger partial charge in [0, 0.05) is 46.8 Å². The molecule has 1 saturated heterocycles. The summed E-state index contributed by atoms with van der Waals surface area (Å²) in [5, 5.41) is 2.91. The van der Waals surface area contributed by atoms with Gasteiger partial charge >= 0.3 is 5.97 Å². The smallest absolute Gasteiger partial charge is 0.312 e.